The van der Waals surface area contributed by atoms with Crippen molar-refractivity contribution in [2.75, 3.05) is 37.3 Å². The van der Waals surface area contributed by atoms with E-state index in [0.29, 0.717) is 23.3 Å². The smallest absolute Gasteiger partial charge is 0.279 e. The van der Waals surface area contributed by atoms with Crippen molar-refractivity contribution in [3.63, 3.8) is 0 Å². The molecule has 0 aromatic carbocycles. The van der Waals surface area contributed by atoms with E-state index in [-0.39, 0.29) is 0 Å². The summed E-state index contributed by atoms with van der Waals surface area (Å²) in [5, 5.41) is 12.8. The van der Waals surface area contributed by atoms with Crippen LogP contribution in [0.1, 0.15) is 5.82 Å². The number of piperazine rings is 1. The van der Waals surface area contributed by atoms with Crippen LogP contribution in [0.15, 0.2) is 24.7 Å². The van der Waals surface area contributed by atoms with Gasteiger partial charge in [-0.1, -0.05) is 11.9 Å². The number of H-pyrrole nitrogens is 1. The van der Waals surface area contributed by atoms with E-state index in [2.05, 4.69) is 36.8 Å². The molecule has 2 aromatic heterocycles. The molecule has 1 aliphatic heterocycles. The SMILES string of the molecule is CN1CCN(c2cc(-c3cnc(/C=C\C(=N)C(F)F)[nH]3)ncn2)CC1CSN. The van der Waals surface area contributed by atoms with Gasteiger partial charge in [0.05, 0.1) is 23.3 Å². The molecule has 11 heteroatoms. The fraction of sp³-hybridized carbons (Fsp3) is 0.412. The number of aromatic nitrogens is 4. The largest absolute Gasteiger partial charge is 0.354 e. The molecule has 0 aliphatic carbocycles. The van der Waals surface area contributed by atoms with Crippen LogP contribution in [-0.4, -0.2) is 75.4 Å². The second-order valence-electron chi connectivity index (χ2n) is 6.45. The van der Waals surface area contributed by atoms with Crippen LogP contribution in [0.2, 0.25) is 0 Å². The lowest BCUT2D eigenvalue weighted by Gasteiger charge is -2.39. The number of nitrogens with one attached hydrogen (secondary N) is 2. The van der Waals surface area contributed by atoms with Crippen LogP contribution in [0.5, 0.6) is 0 Å². The van der Waals surface area contributed by atoms with E-state index in [1.165, 1.54) is 24.4 Å². The number of hydrogen-bond donors (Lipinski definition) is 3. The number of likely N-dealkylation sites (N-methyl/N-ethyl adjacent to an activating group) is 1. The second kappa shape index (κ2) is 9.22. The van der Waals surface area contributed by atoms with Crippen LogP contribution in [0.4, 0.5) is 14.6 Å². The number of allylic oxidation sites excluding steroid dienone is 1. The molecule has 1 fully saturated rings. The topological polar surface area (TPSA) is 111 Å². The van der Waals surface area contributed by atoms with Crippen molar-refractivity contribution in [1.29, 1.82) is 5.41 Å². The maximum absolute atomic E-state index is 12.4. The Balaban J connectivity index is 1.74. The molecule has 0 bridgehead atoms. The molecule has 0 amide bonds. The normalized spacial score (nSPS) is 18.3. The van der Waals surface area contributed by atoms with Crippen LogP contribution >= 0.6 is 11.9 Å². The maximum atomic E-state index is 12.4. The third kappa shape index (κ3) is 4.91. The average Bonchev–Trinajstić information content (AvgIpc) is 3.17. The Morgan fingerprint density at radius 3 is 3.00 bits per heavy atom. The van der Waals surface area contributed by atoms with Crippen LogP contribution < -0.4 is 10.0 Å². The summed E-state index contributed by atoms with van der Waals surface area (Å²) in [5.74, 6) is 2.03. The zero-order chi connectivity index (χ0) is 20.1. The number of nitrogens with two attached hydrogens (primary N) is 1. The first-order valence-electron chi connectivity index (χ1n) is 8.67. The number of alkyl halides is 2. The van der Waals surface area contributed by atoms with Crippen molar-refractivity contribution in [3.05, 3.63) is 30.5 Å². The molecule has 3 heterocycles. The first-order valence-corrected chi connectivity index (χ1v) is 9.71. The van der Waals surface area contributed by atoms with Crippen molar-refractivity contribution < 1.29 is 8.78 Å². The third-order valence-electron chi connectivity index (χ3n) is 4.57. The summed E-state index contributed by atoms with van der Waals surface area (Å²) in [4.78, 5) is 20.3. The van der Waals surface area contributed by atoms with E-state index in [1.54, 1.807) is 6.20 Å². The predicted octanol–water partition coefficient (Wildman–Crippen LogP) is 1.89. The quantitative estimate of drug-likeness (QED) is 0.474. The van der Waals surface area contributed by atoms with E-state index in [1.807, 2.05) is 6.07 Å². The molecular formula is C17H22F2N8S. The van der Waals surface area contributed by atoms with Gasteiger partial charge in [0.15, 0.2) is 0 Å². The Morgan fingerprint density at radius 1 is 1.43 bits per heavy atom. The highest BCUT2D eigenvalue weighted by Gasteiger charge is 2.25. The Morgan fingerprint density at radius 2 is 2.25 bits per heavy atom. The molecule has 28 heavy (non-hydrogen) atoms. The summed E-state index contributed by atoms with van der Waals surface area (Å²) < 4.78 is 24.8. The Hall–Kier alpha value is -2.37. The lowest BCUT2D eigenvalue weighted by atomic mass is 10.2. The lowest BCUT2D eigenvalue weighted by Crippen LogP contribution is -2.53. The molecule has 0 saturated carbocycles. The minimum atomic E-state index is -2.81. The number of rotatable bonds is 7. The first kappa shape index (κ1) is 20.4. The summed E-state index contributed by atoms with van der Waals surface area (Å²) in [6.45, 7) is 2.59. The Bertz CT molecular complexity index is 840. The van der Waals surface area contributed by atoms with E-state index in [0.717, 1.165) is 37.3 Å². The zero-order valence-corrected chi connectivity index (χ0v) is 16.2. The molecular weight excluding hydrogens is 386 g/mol. The van der Waals surface area contributed by atoms with Gasteiger partial charge in [0, 0.05) is 37.5 Å². The van der Waals surface area contributed by atoms with E-state index in [4.69, 9.17) is 10.5 Å². The van der Waals surface area contributed by atoms with Crippen LogP contribution in [0, 0.1) is 5.41 Å². The van der Waals surface area contributed by atoms with Crippen molar-refractivity contribution in [3.8, 4) is 11.4 Å². The number of aromatic amines is 1. The summed E-state index contributed by atoms with van der Waals surface area (Å²) in [6.07, 6.45) is 2.64. The molecule has 2 aromatic rings. The number of imidazole rings is 1. The van der Waals surface area contributed by atoms with Gasteiger partial charge in [0.25, 0.3) is 6.43 Å². The second-order valence-corrected chi connectivity index (χ2v) is 7.11. The van der Waals surface area contributed by atoms with Crippen molar-refractivity contribution in [1.82, 2.24) is 24.8 Å². The monoisotopic (exact) mass is 408 g/mol. The molecule has 4 N–H and O–H groups in total. The minimum absolute atomic E-state index is 0.344. The third-order valence-corrected chi connectivity index (χ3v) is 5.15. The Kier molecular flexibility index (Phi) is 6.70. The van der Waals surface area contributed by atoms with Gasteiger partial charge in [0.2, 0.25) is 0 Å². The fourth-order valence-corrected chi connectivity index (χ4v) is 3.49. The molecule has 3 rings (SSSR count). The van der Waals surface area contributed by atoms with Gasteiger partial charge in [0.1, 0.15) is 18.0 Å². The predicted molar refractivity (Wildman–Crippen MR) is 108 cm³/mol. The van der Waals surface area contributed by atoms with Crippen molar-refractivity contribution in [2.45, 2.75) is 12.5 Å². The van der Waals surface area contributed by atoms with Gasteiger partial charge >= 0.3 is 0 Å². The number of hydrogen-bond acceptors (Lipinski definition) is 8. The van der Waals surface area contributed by atoms with Crippen LogP contribution in [-0.2, 0) is 0 Å². The summed E-state index contributed by atoms with van der Waals surface area (Å²) in [5.41, 5.74) is 0.544. The molecule has 1 saturated heterocycles. The zero-order valence-electron chi connectivity index (χ0n) is 15.3. The highest BCUT2D eigenvalue weighted by molar-refractivity contribution is 7.97. The molecule has 1 atom stereocenters. The van der Waals surface area contributed by atoms with Gasteiger partial charge in [-0.05, 0) is 19.2 Å². The molecule has 0 radical (unpaired) electrons. The van der Waals surface area contributed by atoms with Crippen molar-refractivity contribution >= 4 is 29.6 Å². The van der Waals surface area contributed by atoms with Crippen LogP contribution in [0.25, 0.3) is 17.5 Å². The molecule has 1 unspecified atom stereocenters. The van der Waals surface area contributed by atoms with Gasteiger partial charge in [-0.2, -0.15) is 0 Å². The van der Waals surface area contributed by atoms with Gasteiger partial charge in [-0.25, -0.2) is 23.7 Å². The standard InChI is InChI=1S/C17H22F2N8S/c1-26-4-5-27(8-11(26)9-28-21)16-6-13(23-10-24-16)14-7-22-15(25-14)3-2-12(20)17(18)19/h2-3,6-7,10-11,17,20H,4-5,8-9,21H2,1H3,(H,22,25)/b3-2-,20-12?. The molecule has 150 valence electrons. The molecule has 0 spiro atoms. The fourth-order valence-electron chi connectivity index (χ4n) is 2.91. The number of halogens is 2. The maximum Gasteiger partial charge on any atom is 0.279 e. The average molecular weight is 408 g/mol. The first-order chi connectivity index (χ1) is 13.5. The van der Waals surface area contributed by atoms with Gasteiger partial charge < -0.3 is 9.88 Å². The minimum Gasteiger partial charge on any atom is -0.354 e. The summed E-state index contributed by atoms with van der Waals surface area (Å²) in [7, 11) is 2.09. The number of nitrogens with zero attached hydrogens (tertiary/aromatic N) is 5. The van der Waals surface area contributed by atoms with E-state index < -0.39 is 12.1 Å². The van der Waals surface area contributed by atoms with E-state index in [9.17, 15) is 8.78 Å². The highest BCUT2D eigenvalue weighted by atomic mass is 32.2. The van der Waals surface area contributed by atoms with Gasteiger partial charge in [-0.3, -0.25) is 15.4 Å². The Labute approximate surface area is 165 Å². The highest BCUT2D eigenvalue weighted by Crippen LogP contribution is 2.22. The molecule has 8 nitrogen and oxygen atoms in total. The lowest BCUT2D eigenvalue weighted by molar-refractivity contribution is 0.226. The molecule has 1 aliphatic rings. The van der Waals surface area contributed by atoms with Gasteiger partial charge in [-0.15, -0.1) is 0 Å². The summed E-state index contributed by atoms with van der Waals surface area (Å²) >= 11 is 1.34. The van der Waals surface area contributed by atoms with E-state index >= 15 is 0 Å². The number of anilines is 1. The van der Waals surface area contributed by atoms with Crippen molar-refractivity contribution in [2.24, 2.45) is 5.14 Å². The summed E-state index contributed by atoms with van der Waals surface area (Å²) in [6, 6.07) is 2.22. The van der Waals surface area contributed by atoms with Crippen LogP contribution in [0.3, 0.4) is 0 Å².